The summed E-state index contributed by atoms with van der Waals surface area (Å²) in [7, 11) is 1.62. The third kappa shape index (κ3) is 4.83. The summed E-state index contributed by atoms with van der Waals surface area (Å²) in [5.41, 5.74) is 5.36. The van der Waals surface area contributed by atoms with Gasteiger partial charge < -0.3 is 20.4 Å². The van der Waals surface area contributed by atoms with Crippen molar-refractivity contribution in [1.82, 2.24) is 0 Å². The van der Waals surface area contributed by atoms with Crippen molar-refractivity contribution >= 4 is 21.8 Å². The molecule has 0 bridgehead atoms. The molecule has 0 aliphatic heterocycles. The number of amidine groups is 1. The van der Waals surface area contributed by atoms with Crippen molar-refractivity contribution in [2.75, 3.05) is 13.7 Å². The van der Waals surface area contributed by atoms with Gasteiger partial charge in [0.2, 0.25) is 0 Å². The van der Waals surface area contributed by atoms with Gasteiger partial charge in [-0.25, -0.2) is 0 Å². The number of ether oxygens (including phenoxy) is 2. The molecule has 0 amide bonds. The Kier molecular flexibility index (Phi) is 6.35. The molecule has 0 saturated carbocycles. The number of rotatable bonds is 7. The van der Waals surface area contributed by atoms with E-state index in [1.54, 1.807) is 7.11 Å². The predicted molar refractivity (Wildman–Crippen MR) is 73.4 cm³/mol. The van der Waals surface area contributed by atoms with Crippen LogP contribution in [-0.4, -0.2) is 24.8 Å². The molecule has 0 radical (unpaired) electrons. The number of unbranched alkanes of at least 4 members (excludes halogenated alkanes) is 1. The summed E-state index contributed by atoms with van der Waals surface area (Å²) in [4.78, 5) is 0. The van der Waals surface area contributed by atoms with Crippen LogP contribution in [0, 0.1) is 0 Å². The maximum absolute atomic E-state index is 8.37. The Morgan fingerprint density at radius 3 is 2.83 bits per heavy atom. The molecule has 0 fully saturated rings. The van der Waals surface area contributed by atoms with E-state index in [0.29, 0.717) is 13.0 Å². The first-order valence-electron chi connectivity index (χ1n) is 5.60. The maximum atomic E-state index is 8.37. The molecule has 5 nitrogen and oxygen atoms in total. The molecule has 1 aromatic rings. The Morgan fingerprint density at radius 1 is 1.44 bits per heavy atom. The maximum Gasteiger partial charge on any atom is 0.139 e. The molecule has 0 heterocycles. The minimum absolute atomic E-state index is 0.251. The monoisotopic (exact) mass is 316 g/mol. The van der Waals surface area contributed by atoms with Gasteiger partial charge in [-0.3, -0.25) is 0 Å². The number of methoxy groups -OCH3 is 1. The van der Waals surface area contributed by atoms with E-state index in [9.17, 15) is 0 Å². The van der Waals surface area contributed by atoms with E-state index in [1.165, 1.54) is 0 Å². The molecule has 0 saturated heterocycles. The normalized spacial score (nSPS) is 11.3. The van der Waals surface area contributed by atoms with Crippen molar-refractivity contribution in [2.24, 2.45) is 10.9 Å². The molecule has 0 atom stereocenters. The van der Waals surface area contributed by atoms with Crippen LogP contribution in [0.5, 0.6) is 11.5 Å². The number of hydrogen-bond acceptors (Lipinski definition) is 4. The highest BCUT2D eigenvalue weighted by atomic mass is 79.9. The lowest BCUT2D eigenvalue weighted by Crippen LogP contribution is -2.11. The van der Waals surface area contributed by atoms with Crippen LogP contribution < -0.4 is 15.2 Å². The SMILES string of the molecule is COc1ccc(OCCCC/C(N)=N/O)c(Br)c1. The van der Waals surface area contributed by atoms with Gasteiger partial charge in [-0.1, -0.05) is 5.16 Å². The van der Waals surface area contributed by atoms with E-state index in [0.717, 1.165) is 28.8 Å². The predicted octanol–water partition coefficient (Wildman–Crippen LogP) is 2.75. The summed E-state index contributed by atoms with van der Waals surface area (Å²) < 4.78 is 11.6. The highest BCUT2D eigenvalue weighted by Crippen LogP contribution is 2.29. The van der Waals surface area contributed by atoms with Gasteiger partial charge in [0.1, 0.15) is 17.3 Å². The molecule has 1 rings (SSSR count). The fraction of sp³-hybridized carbons (Fsp3) is 0.417. The molecular weight excluding hydrogens is 300 g/mol. The van der Waals surface area contributed by atoms with Crippen molar-refractivity contribution in [3.8, 4) is 11.5 Å². The second-order valence-electron chi connectivity index (χ2n) is 3.69. The molecule has 100 valence electrons. The Morgan fingerprint density at radius 2 is 2.22 bits per heavy atom. The summed E-state index contributed by atoms with van der Waals surface area (Å²) in [6.07, 6.45) is 2.24. The van der Waals surface area contributed by atoms with Crippen molar-refractivity contribution in [1.29, 1.82) is 0 Å². The van der Waals surface area contributed by atoms with Crippen molar-refractivity contribution in [3.63, 3.8) is 0 Å². The Labute approximate surface area is 115 Å². The van der Waals surface area contributed by atoms with Crippen LogP contribution >= 0.6 is 15.9 Å². The Balaban J connectivity index is 2.31. The zero-order valence-corrected chi connectivity index (χ0v) is 11.8. The lowest BCUT2D eigenvalue weighted by atomic mass is 10.2. The van der Waals surface area contributed by atoms with Gasteiger partial charge in [-0.2, -0.15) is 0 Å². The second-order valence-corrected chi connectivity index (χ2v) is 4.55. The number of halogens is 1. The lowest BCUT2D eigenvalue weighted by molar-refractivity contribution is 0.302. The standard InChI is InChI=1S/C12H17BrN2O3/c1-17-9-5-6-11(10(13)8-9)18-7-3-2-4-12(14)15-16/h5-6,8,16H,2-4,7H2,1H3,(H2,14,15). The number of nitrogens with two attached hydrogens (primary N) is 1. The fourth-order valence-corrected chi connectivity index (χ4v) is 1.84. The van der Waals surface area contributed by atoms with Crippen LogP contribution in [0.1, 0.15) is 19.3 Å². The quantitative estimate of drug-likeness (QED) is 0.266. The van der Waals surface area contributed by atoms with Crippen molar-refractivity contribution < 1.29 is 14.7 Å². The third-order valence-electron chi connectivity index (χ3n) is 2.35. The second kappa shape index (κ2) is 7.81. The molecule has 0 aromatic heterocycles. The van der Waals surface area contributed by atoms with Crippen LogP contribution in [-0.2, 0) is 0 Å². The van der Waals surface area contributed by atoms with Gasteiger partial charge >= 0.3 is 0 Å². The number of hydrogen-bond donors (Lipinski definition) is 2. The van der Waals surface area contributed by atoms with Crippen LogP contribution in [0.4, 0.5) is 0 Å². The molecule has 1 aromatic carbocycles. The summed E-state index contributed by atoms with van der Waals surface area (Å²) in [5.74, 6) is 1.81. The van der Waals surface area contributed by atoms with Gasteiger partial charge in [-0.15, -0.1) is 0 Å². The molecule has 6 heteroatoms. The van der Waals surface area contributed by atoms with Crippen LogP contribution in [0.3, 0.4) is 0 Å². The van der Waals surface area contributed by atoms with Crippen molar-refractivity contribution in [2.45, 2.75) is 19.3 Å². The van der Waals surface area contributed by atoms with Gasteiger partial charge in [0.05, 0.1) is 18.2 Å². The van der Waals surface area contributed by atoms with Crippen LogP contribution in [0.15, 0.2) is 27.8 Å². The number of benzene rings is 1. The number of oxime groups is 1. The summed E-state index contributed by atoms with van der Waals surface area (Å²) in [6, 6.07) is 5.55. The van der Waals surface area contributed by atoms with Crippen LogP contribution in [0.2, 0.25) is 0 Å². The van der Waals surface area contributed by atoms with Gasteiger partial charge in [0.25, 0.3) is 0 Å². The van der Waals surface area contributed by atoms with Gasteiger partial charge in [-0.05, 0) is 47.0 Å². The average molecular weight is 317 g/mol. The number of nitrogens with zero attached hydrogens (tertiary/aromatic N) is 1. The van der Waals surface area contributed by atoms with E-state index in [-0.39, 0.29) is 5.84 Å². The molecule has 18 heavy (non-hydrogen) atoms. The summed E-state index contributed by atoms with van der Waals surface area (Å²) in [5, 5.41) is 11.3. The molecule has 3 N–H and O–H groups in total. The van der Waals surface area contributed by atoms with Crippen molar-refractivity contribution in [3.05, 3.63) is 22.7 Å². The van der Waals surface area contributed by atoms with Crippen LogP contribution in [0.25, 0.3) is 0 Å². The minimum atomic E-state index is 0.251. The van der Waals surface area contributed by atoms with E-state index >= 15 is 0 Å². The van der Waals surface area contributed by atoms with Gasteiger partial charge in [0.15, 0.2) is 0 Å². The summed E-state index contributed by atoms with van der Waals surface area (Å²) in [6.45, 7) is 0.587. The largest absolute Gasteiger partial charge is 0.497 e. The first-order chi connectivity index (χ1) is 8.67. The Hall–Kier alpha value is -1.43. The topological polar surface area (TPSA) is 77.1 Å². The highest BCUT2D eigenvalue weighted by Gasteiger charge is 2.03. The van der Waals surface area contributed by atoms with E-state index in [4.69, 9.17) is 20.4 Å². The fourth-order valence-electron chi connectivity index (χ4n) is 1.37. The molecule has 0 aliphatic carbocycles. The van der Waals surface area contributed by atoms with Gasteiger partial charge in [0, 0.05) is 6.42 Å². The smallest absolute Gasteiger partial charge is 0.139 e. The average Bonchev–Trinajstić information content (AvgIpc) is 2.39. The highest BCUT2D eigenvalue weighted by molar-refractivity contribution is 9.10. The Bertz CT molecular complexity index is 410. The molecule has 0 unspecified atom stereocenters. The first-order valence-corrected chi connectivity index (χ1v) is 6.39. The third-order valence-corrected chi connectivity index (χ3v) is 2.97. The lowest BCUT2D eigenvalue weighted by Gasteiger charge is -2.09. The zero-order valence-electron chi connectivity index (χ0n) is 10.2. The molecule has 0 aliphatic rings. The molecular formula is C12H17BrN2O3. The minimum Gasteiger partial charge on any atom is -0.497 e. The molecule has 0 spiro atoms. The van der Waals surface area contributed by atoms with E-state index in [1.807, 2.05) is 18.2 Å². The summed E-state index contributed by atoms with van der Waals surface area (Å²) >= 11 is 3.41. The van der Waals surface area contributed by atoms with E-state index in [2.05, 4.69) is 21.1 Å². The first kappa shape index (κ1) is 14.6. The zero-order chi connectivity index (χ0) is 13.4. The van der Waals surface area contributed by atoms with E-state index < -0.39 is 0 Å².